The Labute approximate surface area is 104 Å². The number of aliphatic carboxylic acids is 1. The van der Waals surface area contributed by atoms with E-state index in [9.17, 15) is 23.7 Å². The molecule has 1 N–H and O–H groups in total. The first-order valence-electron chi connectivity index (χ1n) is 4.78. The summed E-state index contributed by atoms with van der Waals surface area (Å²) in [4.78, 5) is 20.7. The van der Waals surface area contributed by atoms with E-state index in [1.165, 1.54) is 0 Å². The lowest BCUT2D eigenvalue weighted by Gasteiger charge is -2.11. The van der Waals surface area contributed by atoms with E-state index < -0.39 is 34.3 Å². The molecular formula is C10H6ClF2NO4. The first kappa shape index (κ1) is 12.7. The molecule has 0 amide bonds. The molecule has 0 aromatic heterocycles. The van der Waals surface area contributed by atoms with Gasteiger partial charge in [-0.05, 0) is 11.6 Å². The van der Waals surface area contributed by atoms with Crippen LogP contribution in [0.4, 0.5) is 14.5 Å². The van der Waals surface area contributed by atoms with Crippen molar-refractivity contribution in [3.8, 4) is 0 Å². The molecule has 1 saturated carbocycles. The molecule has 1 aromatic rings. The van der Waals surface area contributed by atoms with Crippen LogP contribution in [-0.2, 0) is 10.2 Å². The number of carboxylic acid groups (broad SMARTS) is 1. The number of benzene rings is 1. The van der Waals surface area contributed by atoms with Crippen molar-refractivity contribution in [3.63, 3.8) is 0 Å². The zero-order valence-electron chi connectivity index (χ0n) is 8.69. The van der Waals surface area contributed by atoms with Crippen molar-refractivity contribution in [2.24, 2.45) is 0 Å². The van der Waals surface area contributed by atoms with Crippen LogP contribution in [0.25, 0.3) is 0 Å². The summed E-state index contributed by atoms with van der Waals surface area (Å²) < 4.78 is 26.4. The average molecular weight is 278 g/mol. The molecule has 0 heterocycles. The Kier molecular flexibility index (Phi) is 2.55. The molecule has 18 heavy (non-hydrogen) atoms. The fourth-order valence-corrected chi connectivity index (χ4v) is 2.13. The third kappa shape index (κ3) is 1.54. The van der Waals surface area contributed by atoms with E-state index in [0.29, 0.717) is 0 Å². The predicted octanol–water partition coefficient (Wildman–Crippen LogP) is 2.61. The Hall–Kier alpha value is -1.76. The summed E-state index contributed by atoms with van der Waals surface area (Å²) in [6, 6.07) is 2.84. The molecule has 8 heteroatoms. The number of nitrogens with zero attached hydrogens (tertiary/aromatic N) is 1. The summed E-state index contributed by atoms with van der Waals surface area (Å²) >= 11 is 5.58. The maximum atomic E-state index is 13.2. The Morgan fingerprint density at radius 2 is 2.06 bits per heavy atom. The standard InChI is InChI=1S/C10H6ClF2NO4/c11-6-3-5(1-2-7(6)14(17)18)9(8(15)16)4-10(9,12)13/h1-3H,4H2,(H,15,16). The van der Waals surface area contributed by atoms with E-state index in [4.69, 9.17) is 16.7 Å². The number of alkyl halides is 2. The number of hydrogen-bond donors (Lipinski definition) is 1. The van der Waals surface area contributed by atoms with Crippen molar-refractivity contribution in [2.75, 3.05) is 0 Å². The normalized spacial score (nSPS) is 24.6. The lowest BCUT2D eigenvalue weighted by molar-refractivity contribution is -0.384. The zero-order chi connectivity index (χ0) is 13.7. The highest BCUT2D eigenvalue weighted by atomic mass is 35.5. The van der Waals surface area contributed by atoms with Crippen LogP contribution in [0.1, 0.15) is 12.0 Å². The minimum absolute atomic E-state index is 0.226. The number of carboxylic acids is 1. The molecule has 5 nitrogen and oxygen atoms in total. The van der Waals surface area contributed by atoms with E-state index in [1.807, 2.05) is 0 Å². The topological polar surface area (TPSA) is 80.4 Å². The summed E-state index contributed by atoms with van der Waals surface area (Å²) in [6.45, 7) is 0. The lowest BCUT2D eigenvalue weighted by Crippen LogP contribution is -2.27. The zero-order valence-corrected chi connectivity index (χ0v) is 9.45. The minimum Gasteiger partial charge on any atom is -0.480 e. The highest BCUT2D eigenvalue weighted by Crippen LogP contribution is 2.62. The highest BCUT2D eigenvalue weighted by Gasteiger charge is 2.77. The maximum absolute atomic E-state index is 13.2. The van der Waals surface area contributed by atoms with Crippen LogP contribution in [0.3, 0.4) is 0 Å². The van der Waals surface area contributed by atoms with Crippen molar-refractivity contribution < 1.29 is 23.6 Å². The van der Waals surface area contributed by atoms with Gasteiger partial charge in [0, 0.05) is 12.5 Å². The van der Waals surface area contributed by atoms with Crippen LogP contribution in [0, 0.1) is 10.1 Å². The molecule has 96 valence electrons. The summed E-state index contributed by atoms with van der Waals surface area (Å²) in [6.07, 6.45) is -0.830. The first-order valence-corrected chi connectivity index (χ1v) is 5.16. The Bertz CT molecular complexity index is 563. The largest absolute Gasteiger partial charge is 0.480 e. The Morgan fingerprint density at radius 1 is 1.50 bits per heavy atom. The van der Waals surface area contributed by atoms with Gasteiger partial charge in [0.05, 0.1) is 4.92 Å². The SMILES string of the molecule is O=C(O)C1(c2ccc([N+](=O)[O-])c(Cl)c2)CC1(F)F. The number of rotatable bonds is 3. The molecule has 2 rings (SSSR count). The first-order chi connectivity index (χ1) is 8.22. The van der Waals surface area contributed by atoms with E-state index in [1.54, 1.807) is 0 Å². The molecular weight excluding hydrogens is 272 g/mol. The number of nitro groups is 1. The summed E-state index contributed by atoms with van der Waals surface area (Å²) in [5.41, 5.74) is -2.99. The Morgan fingerprint density at radius 3 is 2.39 bits per heavy atom. The summed E-state index contributed by atoms with van der Waals surface area (Å²) in [5.74, 6) is -5.03. The number of nitro benzene ring substituents is 1. The summed E-state index contributed by atoms with van der Waals surface area (Å²) in [7, 11) is 0. The smallest absolute Gasteiger partial charge is 0.320 e. The van der Waals surface area contributed by atoms with Gasteiger partial charge >= 0.3 is 5.97 Å². The van der Waals surface area contributed by atoms with Gasteiger partial charge in [-0.1, -0.05) is 17.7 Å². The van der Waals surface area contributed by atoms with Gasteiger partial charge in [-0.25, -0.2) is 8.78 Å². The van der Waals surface area contributed by atoms with E-state index in [0.717, 1.165) is 18.2 Å². The molecule has 1 aliphatic carbocycles. The number of hydrogen-bond acceptors (Lipinski definition) is 3. The number of carbonyl (C=O) groups is 1. The van der Waals surface area contributed by atoms with Crippen molar-refractivity contribution in [2.45, 2.75) is 17.8 Å². The van der Waals surface area contributed by atoms with Gasteiger partial charge < -0.3 is 5.11 Å². The quantitative estimate of drug-likeness (QED) is 0.680. The molecule has 0 radical (unpaired) electrons. The second-order valence-electron chi connectivity index (χ2n) is 4.02. The van der Waals surface area contributed by atoms with Crippen LogP contribution in [-0.4, -0.2) is 21.9 Å². The molecule has 0 bridgehead atoms. The van der Waals surface area contributed by atoms with Gasteiger partial charge in [0.1, 0.15) is 5.02 Å². The second-order valence-corrected chi connectivity index (χ2v) is 4.42. The molecule has 0 aliphatic heterocycles. The Balaban J connectivity index is 2.51. The number of halogens is 3. The molecule has 1 atom stereocenters. The van der Waals surface area contributed by atoms with E-state index in [-0.39, 0.29) is 10.6 Å². The fourth-order valence-electron chi connectivity index (χ4n) is 1.88. The predicted molar refractivity (Wildman–Crippen MR) is 57.0 cm³/mol. The van der Waals surface area contributed by atoms with Crippen molar-refractivity contribution in [1.82, 2.24) is 0 Å². The van der Waals surface area contributed by atoms with Crippen molar-refractivity contribution in [1.29, 1.82) is 0 Å². The third-order valence-corrected chi connectivity index (χ3v) is 3.29. The van der Waals surface area contributed by atoms with E-state index >= 15 is 0 Å². The molecule has 1 unspecified atom stereocenters. The highest BCUT2D eigenvalue weighted by molar-refractivity contribution is 6.32. The monoisotopic (exact) mass is 277 g/mol. The molecule has 1 aromatic carbocycles. The van der Waals surface area contributed by atoms with E-state index in [2.05, 4.69) is 0 Å². The van der Waals surface area contributed by atoms with Gasteiger partial charge in [0.25, 0.3) is 11.6 Å². The van der Waals surface area contributed by atoms with Crippen molar-refractivity contribution in [3.05, 3.63) is 38.9 Å². The van der Waals surface area contributed by atoms with Gasteiger partial charge in [0.2, 0.25) is 0 Å². The van der Waals surface area contributed by atoms with Crippen LogP contribution in [0.5, 0.6) is 0 Å². The van der Waals surface area contributed by atoms with Crippen LogP contribution in [0.15, 0.2) is 18.2 Å². The lowest BCUT2D eigenvalue weighted by atomic mass is 9.95. The van der Waals surface area contributed by atoms with Gasteiger partial charge in [-0.15, -0.1) is 0 Å². The molecule has 0 saturated heterocycles. The average Bonchev–Trinajstić information content (AvgIpc) is 2.82. The van der Waals surface area contributed by atoms with Gasteiger partial charge in [-0.3, -0.25) is 14.9 Å². The molecule has 1 aliphatic rings. The minimum atomic E-state index is -3.36. The van der Waals surface area contributed by atoms with Gasteiger partial charge in [-0.2, -0.15) is 0 Å². The van der Waals surface area contributed by atoms with Crippen LogP contribution < -0.4 is 0 Å². The fraction of sp³-hybridized carbons (Fsp3) is 0.300. The second kappa shape index (κ2) is 3.61. The third-order valence-electron chi connectivity index (χ3n) is 2.99. The molecule has 0 spiro atoms. The van der Waals surface area contributed by atoms with Crippen molar-refractivity contribution >= 4 is 23.3 Å². The van der Waals surface area contributed by atoms with Crippen LogP contribution in [0.2, 0.25) is 5.02 Å². The molecule has 1 fully saturated rings. The summed E-state index contributed by atoms with van der Waals surface area (Å²) in [5, 5.41) is 19.1. The maximum Gasteiger partial charge on any atom is 0.320 e. The van der Waals surface area contributed by atoms with Gasteiger partial charge in [0.15, 0.2) is 5.41 Å². The van der Waals surface area contributed by atoms with Crippen LogP contribution >= 0.6 is 11.6 Å².